The predicted molar refractivity (Wildman–Crippen MR) is 67.7 cm³/mol. The quantitative estimate of drug-likeness (QED) is 0.811. The van der Waals surface area contributed by atoms with Gasteiger partial charge in [-0.15, -0.1) is 0 Å². The van der Waals surface area contributed by atoms with Crippen LogP contribution in [0.3, 0.4) is 0 Å². The lowest BCUT2D eigenvalue weighted by Gasteiger charge is -2.16. The van der Waals surface area contributed by atoms with Gasteiger partial charge in [-0.2, -0.15) is 0 Å². The van der Waals surface area contributed by atoms with Crippen molar-refractivity contribution in [2.45, 2.75) is 33.2 Å². The number of hydrogen-bond donors (Lipinski definition) is 2. The Hall–Kier alpha value is -2.05. The Bertz CT molecular complexity index is 436. The predicted octanol–water partition coefficient (Wildman–Crippen LogP) is 1.30. The number of nitrogens with zero attached hydrogens (tertiary/aromatic N) is 2. The largest absolute Gasteiger partial charge is 0.481 e. The van der Waals surface area contributed by atoms with Crippen LogP contribution in [0.25, 0.3) is 0 Å². The van der Waals surface area contributed by atoms with E-state index in [2.05, 4.69) is 10.3 Å². The van der Waals surface area contributed by atoms with Crippen molar-refractivity contribution in [2.24, 2.45) is 0 Å². The first-order valence-electron chi connectivity index (χ1n) is 6.04. The third kappa shape index (κ3) is 4.99. The molecule has 0 spiro atoms. The van der Waals surface area contributed by atoms with Crippen LogP contribution >= 0.6 is 0 Å². The van der Waals surface area contributed by atoms with Crippen LogP contribution in [0.4, 0.5) is 4.79 Å². The Balaban J connectivity index is 2.32. The Morgan fingerprint density at radius 2 is 2.11 bits per heavy atom. The standard InChI is InChI=1S/C12H19N3O4/c1-8-9(2)19-10(14-8)7-13-12(18)15(3)6-4-5-11(16)17/h4-7H2,1-3H3,(H,13,18)(H,16,17). The molecule has 0 fully saturated rings. The zero-order valence-electron chi connectivity index (χ0n) is 11.4. The van der Waals surface area contributed by atoms with Crippen LogP contribution in [0.5, 0.6) is 0 Å². The lowest BCUT2D eigenvalue weighted by Crippen LogP contribution is -2.37. The summed E-state index contributed by atoms with van der Waals surface area (Å²) < 4.78 is 5.33. The van der Waals surface area contributed by atoms with E-state index >= 15 is 0 Å². The zero-order valence-corrected chi connectivity index (χ0v) is 11.4. The summed E-state index contributed by atoms with van der Waals surface area (Å²) in [6, 6.07) is -0.279. The fourth-order valence-corrected chi connectivity index (χ4v) is 1.47. The average molecular weight is 269 g/mol. The fraction of sp³-hybridized carbons (Fsp3) is 0.583. The smallest absolute Gasteiger partial charge is 0.317 e. The topological polar surface area (TPSA) is 95.7 Å². The van der Waals surface area contributed by atoms with Crippen molar-refractivity contribution in [1.82, 2.24) is 15.2 Å². The third-order valence-corrected chi connectivity index (χ3v) is 2.69. The monoisotopic (exact) mass is 269 g/mol. The van der Waals surface area contributed by atoms with E-state index in [4.69, 9.17) is 9.52 Å². The number of carboxylic acid groups (broad SMARTS) is 1. The van der Waals surface area contributed by atoms with Gasteiger partial charge in [-0.1, -0.05) is 0 Å². The molecule has 1 rings (SSSR count). The minimum atomic E-state index is -0.862. The van der Waals surface area contributed by atoms with Gasteiger partial charge in [-0.25, -0.2) is 9.78 Å². The number of aryl methyl sites for hydroxylation is 2. The number of rotatable bonds is 6. The number of nitrogens with one attached hydrogen (secondary N) is 1. The molecule has 7 heteroatoms. The van der Waals surface area contributed by atoms with E-state index in [1.807, 2.05) is 13.8 Å². The summed E-state index contributed by atoms with van der Waals surface area (Å²) in [5, 5.41) is 11.2. The maximum atomic E-state index is 11.7. The van der Waals surface area contributed by atoms with Gasteiger partial charge in [0.1, 0.15) is 5.76 Å². The van der Waals surface area contributed by atoms with Crippen LogP contribution in [-0.2, 0) is 11.3 Å². The molecule has 0 aromatic carbocycles. The molecule has 0 aliphatic carbocycles. The highest BCUT2D eigenvalue weighted by Gasteiger charge is 2.11. The van der Waals surface area contributed by atoms with E-state index in [0.29, 0.717) is 18.9 Å². The van der Waals surface area contributed by atoms with Crippen molar-refractivity contribution in [3.63, 3.8) is 0 Å². The van der Waals surface area contributed by atoms with Crippen molar-refractivity contribution < 1.29 is 19.1 Å². The number of hydrogen-bond acceptors (Lipinski definition) is 4. The summed E-state index contributed by atoms with van der Waals surface area (Å²) in [5.74, 6) is 0.334. The molecule has 0 unspecified atom stereocenters. The highest BCUT2D eigenvalue weighted by Crippen LogP contribution is 2.07. The van der Waals surface area contributed by atoms with Crippen LogP contribution in [-0.4, -0.2) is 40.6 Å². The van der Waals surface area contributed by atoms with E-state index in [1.54, 1.807) is 7.05 Å². The van der Waals surface area contributed by atoms with Gasteiger partial charge in [0.25, 0.3) is 0 Å². The summed E-state index contributed by atoms with van der Waals surface area (Å²) in [7, 11) is 1.61. The molecule has 7 nitrogen and oxygen atoms in total. The second-order valence-electron chi connectivity index (χ2n) is 4.33. The molecular formula is C12H19N3O4. The van der Waals surface area contributed by atoms with E-state index in [9.17, 15) is 9.59 Å². The molecule has 0 aliphatic heterocycles. The Kier molecular flexibility index (Phi) is 5.35. The van der Waals surface area contributed by atoms with Crippen LogP contribution in [0.2, 0.25) is 0 Å². The molecule has 0 saturated heterocycles. The van der Waals surface area contributed by atoms with Crippen LogP contribution in [0.1, 0.15) is 30.2 Å². The molecule has 1 aromatic heterocycles. The zero-order chi connectivity index (χ0) is 14.4. The highest BCUT2D eigenvalue weighted by molar-refractivity contribution is 5.73. The summed E-state index contributed by atoms with van der Waals surface area (Å²) in [4.78, 5) is 27.6. The number of carbonyl (C=O) groups excluding carboxylic acids is 1. The van der Waals surface area contributed by atoms with Gasteiger partial charge in [-0.05, 0) is 20.3 Å². The first kappa shape index (κ1) is 15.0. The minimum absolute atomic E-state index is 0.0513. The number of urea groups is 1. The third-order valence-electron chi connectivity index (χ3n) is 2.69. The summed E-state index contributed by atoms with van der Waals surface area (Å²) >= 11 is 0. The van der Waals surface area contributed by atoms with E-state index in [-0.39, 0.29) is 19.0 Å². The van der Waals surface area contributed by atoms with E-state index in [0.717, 1.165) is 11.5 Å². The van der Waals surface area contributed by atoms with Gasteiger partial charge in [0, 0.05) is 20.0 Å². The van der Waals surface area contributed by atoms with Crippen molar-refractivity contribution in [1.29, 1.82) is 0 Å². The second kappa shape index (κ2) is 6.77. The lowest BCUT2D eigenvalue weighted by molar-refractivity contribution is -0.137. The molecular weight excluding hydrogens is 250 g/mol. The summed E-state index contributed by atoms with van der Waals surface area (Å²) in [5.41, 5.74) is 0.805. The van der Waals surface area contributed by atoms with E-state index < -0.39 is 5.97 Å². The Morgan fingerprint density at radius 3 is 2.63 bits per heavy atom. The first-order chi connectivity index (χ1) is 8.90. The van der Waals surface area contributed by atoms with Crippen molar-refractivity contribution in [2.75, 3.05) is 13.6 Å². The summed E-state index contributed by atoms with van der Waals surface area (Å²) in [6.07, 6.45) is 0.478. The number of aliphatic carboxylic acids is 1. The number of carbonyl (C=O) groups is 2. The second-order valence-corrected chi connectivity index (χ2v) is 4.33. The van der Waals surface area contributed by atoms with Crippen molar-refractivity contribution >= 4 is 12.0 Å². The molecule has 0 radical (unpaired) electrons. The first-order valence-corrected chi connectivity index (χ1v) is 6.04. The van der Waals surface area contributed by atoms with E-state index in [1.165, 1.54) is 4.90 Å². The van der Waals surface area contributed by atoms with Gasteiger partial charge in [0.2, 0.25) is 5.89 Å². The Labute approximate surface area is 111 Å². The van der Waals surface area contributed by atoms with Crippen LogP contribution in [0.15, 0.2) is 4.42 Å². The molecule has 0 aliphatic rings. The van der Waals surface area contributed by atoms with Gasteiger partial charge < -0.3 is 19.7 Å². The maximum Gasteiger partial charge on any atom is 0.317 e. The van der Waals surface area contributed by atoms with Gasteiger partial charge in [0.05, 0.1) is 12.2 Å². The molecule has 19 heavy (non-hydrogen) atoms. The molecule has 106 valence electrons. The van der Waals surface area contributed by atoms with Crippen molar-refractivity contribution in [3.8, 4) is 0 Å². The molecule has 0 bridgehead atoms. The number of oxazole rings is 1. The SMILES string of the molecule is Cc1nc(CNC(=O)N(C)CCCC(=O)O)oc1C. The lowest BCUT2D eigenvalue weighted by atomic mass is 10.3. The van der Waals surface area contributed by atoms with Gasteiger partial charge >= 0.3 is 12.0 Å². The molecule has 1 aromatic rings. The average Bonchev–Trinajstić information content (AvgIpc) is 2.65. The number of amides is 2. The number of carboxylic acids is 1. The molecule has 2 N–H and O–H groups in total. The molecule has 2 amide bonds. The van der Waals surface area contributed by atoms with Crippen LogP contribution in [0, 0.1) is 13.8 Å². The molecule has 1 heterocycles. The Morgan fingerprint density at radius 1 is 1.42 bits per heavy atom. The van der Waals surface area contributed by atoms with Crippen LogP contribution < -0.4 is 5.32 Å². The normalized spacial score (nSPS) is 10.3. The van der Waals surface area contributed by atoms with Gasteiger partial charge in [0.15, 0.2) is 0 Å². The maximum absolute atomic E-state index is 11.7. The fourth-order valence-electron chi connectivity index (χ4n) is 1.47. The van der Waals surface area contributed by atoms with Gasteiger partial charge in [-0.3, -0.25) is 4.79 Å². The highest BCUT2D eigenvalue weighted by atomic mass is 16.4. The molecule has 0 atom stereocenters. The molecule has 0 saturated carbocycles. The summed E-state index contributed by atoms with van der Waals surface area (Å²) in [6.45, 7) is 4.26. The minimum Gasteiger partial charge on any atom is -0.481 e. The van der Waals surface area contributed by atoms with Crippen molar-refractivity contribution in [3.05, 3.63) is 17.3 Å². The number of aromatic nitrogens is 1.